The van der Waals surface area contributed by atoms with Crippen molar-refractivity contribution in [3.8, 4) is 5.75 Å². The van der Waals surface area contributed by atoms with Gasteiger partial charge >= 0.3 is 0 Å². The molecule has 0 saturated carbocycles. The van der Waals surface area contributed by atoms with Crippen LogP contribution in [0, 0.1) is 0 Å². The number of piperidine rings is 1. The number of ether oxygens (including phenoxy) is 1. The highest BCUT2D eigenvalue weighted by molar-refractivity contribution is 7.89. The molecule has 1 aliphatic heterocycles. The van der Waals surface area contributed by atoms with Crippen LogP contribution < -0.4 is 10.1 Å². The Hall–Kier alpha value is -1.60. The highest BCUT2D eigenvalue weighted by Crippen LogP contribution is 2.13. The maximum atomic E-state index is 12.2. The van der Waals surface area contributed by atoms with Crippen molar-refractivity contribution in [2.45, 2.75) is 25.7 Å². The van der Waals surface area contributed by atoms with Gasteiger partial charge in [0.2, 0.25) is 15.9 Å². The average molecular weight is 340 g/mol. The molecule has 1 aliphatic rings. The lowest BCUT2D eigenvalue weighted by molar-refractivity contribution is -0.120. The number of hydrogen-bond acceptors (Lipinski definition) is 4. The van der Waals surface area contributed by atoms with Gasteiger partial charge < -0.3 is 10.1 Å². The van der Waals surface area contributed by atoms with Crippen LogP contribution in [0.2, 0.25) is 0 Å². The first-order chi connectivity index (χ1) is 11.0. The third kappa shape index (κ3) is 5.51. The van der Waals surface area contributed by atoms with Crippen molar-refractivity contribution in [3.05, 3.63) is 29.8 Å². The van der Waals surface area contributed by atoms with E-state index in [4.69, 9.17) is 4.74 Å². The average Bonchev–Trinajstić information content (AvgIpc) is 2.56. The molecule has 0 spiro atoms. The van der Waals surface area contributed by atoms with Crippen molar-refractivity contribution < 1.29 is 17.9 Å². The van der Waals surface area contributed by atoms with Crippen molar-refractivity contribution in [1.82, 2.24) is 9.62 Å². The summed E-state index contributed by atoms with van der Waals surface area (Å²) in [7, 11) is -1.67. The summed E-state index contributed by atoms with van der Waals surface area (Å²) >= 11 is 0. The van der Waals surface area contributed by atoms with Crippen LogP contribution in [0.1, 0.15) is 24.8 Å². The second kappa shape index (κ2) is 8.31. The summed E-state index contributed by atoms with van der Waals surface area (Å²) in [5, 5.41) is 2.68. The first-order valence-electron chi connectivity index (χ1n) is 7.89. The van der Waals surface area contributed by atoms with E-state index in [1.807, 2.05) is 12.1 Å². The minimum absolute atomic E-state index is 0.0403. The Balaban J connectivity index is 1.75. The normalized spacial score (nSPS) is 16.0. The van der Waals surface area contributed by atoms with Gasteiger partial charge in [0.15, 0.2) is 0 Å². The number of methoxy groups -OCH3 is 1. The van der Waals surface area contributed by atoms with Gasteiger partial charge in [0.25, 0.3) is 0 Å². The molecule has 0 radical (unpaired) electrons. The smallest absolute Gasteiger partial charge is 0.224 e. The lowest BCUT2D eigenvalue weighted by atomic mass is 10.1. The van der Waals surface area contributed by atoms with E-state index in [1.165, 1.54) is 4.31 Å². The highest BCUT2D eigenvalue weighted by Gasteiger charge is 2.23. The number of benzene rings is 1. The Labute approximate surface area is 137 Å². The van der Waals surface area contributed by atoms with Crippen LogP contribution in [0.15, 0.2) is 24.3 Å². The molecule has 0 atom stereocenters. The van der Waals surface area contributed by atoms with Gasteiger partial charge in [-0.25, -0.2) is 12.7 Å². The van der Waals surface area contributed by atoms with Crippen molar-refractivity contribution in [2.75, 3.05) is 32.5 Å². The van der Waals surface area contributed by atoms with Crippen LogP contribution in [0.5, 0.6) is 5.75 Å². The number of hydrogen-bond donors (Lipinski definition) is 1. The van der Waals surface area contributed by atoms with E-state index in [9.17, 15) is 13.2 Å². The fourth-order valence-electron chi connectivity index (χ4n) is 2.58. The molecule has 23 heavy (non-hydrogen) atoms. The van der Waals surface area contributed by atoms with Crippen LogP contribution in [-0.4, -0.2) is 51.1 Å². The van der Waals surface area contributed by atoms with E-state index >= 15 is 0 Å². The lowest BCUT2D eigenvalue weighted by Crippen LogP contribution is -2.40. The molecule has 6 nitrogen and oxygen atoms in total. The molecule has 1 amide bonds. The predicted molar refractivity (Wildman–Crippen MR) is 88.9 cm³/mol. The molecule has 1 N–H and O–H groups in total. The first-order valence-corrected chi connectivity index (χ1v) is 9.49. The van der Waals surface area contributed by atoms with Gasteiger partial charge in [-0.3, -0.25) is 4.79 Å². The van der Waals surface area contributed by atoms with Crippen LogP contribution in [0.4, 0.5) is 0 Å². The number of rotatable bonds is 7. The Bertz CT molecular complexity index is 607. The Morgan fingerprint density at radius 2 is 1.83 bits per heavy atom. The number of sulfonamides is 1. The molecule has 0 aromatic heterocycles. The van der Waals surface area contributed by atoms with E-state index in [1.54, 1.807) is 19.2 Å². The highest BCUT2D eigenvalue weighted by atomic mass is 32.2. The fraction of sp³-hybridized carbons (Fsp3) is 0.562. The number of carbonyl (C=O) groups excluding carboxylic acids is 1. The van der Waals surface area contributed by atoms with Gasteiger partial charge in [0.1, 0.15) is 5.75 Å². The Morgan fingerprint density at radius 3 is 2.43 bits per heavy atom. The molecular formula is C16H24N2O4S. The molecule has 0 unspecified atom stereocenters. The van der Waals surface area contributed by atoms with E-state index in [2.05, 4.69) is 5.32 Å². The van der Waals surface area contributed by atoms with E-state index in [-0.39, 0.29) is 24.6 Å². The summed E-state index contributed by atoms with van der Waals surface area (Å²) in [4.78, 5) is 11.9. The van der Waals surface area contributed by atoms with Crippen LogP contribution in [0.3, 0.4) is 0 Å². The number of amides is 1. The van der Waals surface area contributed by atoms with Gasteiger partial charge in [0.05, 0.1) is 19.3 Å². The second-order valence-corrected chi connectivity index (χ2v) is 7.74. The summed E-state index contributed by atoms with van der Waals surface area (Å²) in [6, 6.07) is 7.23. The molecule has 0 bridgehead atoms. The molecule has 128 valence electrons. The maximum absolute atomic E-state index is 12.2. The van der Waals surface area contributed by atoms with E-state index in [0.29, 0.717) is 13.1 Å². The zero-order valence-electron chi connectivity index (χ0n) is 13.5. The summed E-state index contributed by atoms with van der Waals surface area (Å²) in [6.45, 7) is 1.35. The third-order valence-electron chi connectivity index (χ3n) is 3.91. The van der Waals surface area contributed by atoms with Gasteiger partial charge in [-0.2, -0.15) is 0 Å². The van der Waals surface area contributed by atoms with E-state index in [0.717, 1.165) is 30.6 Å². The predicted octanol–water partition coefficient (Wildman–Crippen LogP) is 1.17. The SMILES string of the molecule is COc1ccc(CC(=O)NCCS(=O)(=O)N2CCCCC2)cc1. The van der Waals surface area contributed by atoms with Gasteiger partial charge in [0, 0.05) is 19.6 Å². The largest absolute Gasteiger partial charge is 0.497 e. The van der Waals surface area contributed by atoms with Gasteiger partial charge in [-0.15, -0.1) is 0 Å². The quantitative estimate of drug-likeness (QED) is 0.808. The Kier molecular flexibility index (Phi) is 6.41. The zero-order valence-corrected chi connectivity index (χ0v) is 14.3. The molecule has 1 saturated heterocycles. The summed E-state index contributed by atoms with van der Waals surface area (Å²) in [5.74, 6) is 0.521. The minimum atomic E-state index is -3.26. The number of nitrogens with zero attached hydrogens (tertiary/aromatic N) is 1. The first kappa shape index (κ1) is 17.7. The summed E-state index contributed by atoms with van der Waals surface area (Å²) in [6.07, 6.45) is 3.16. The standard InChI is InChI=1S/C16H24N2O4S/c1-22-15-7-5-14(6-8-15)13-16(19)17-9-12-23(20,21)18-10-3-2-4-11-18/h5-8H,2-4,9-13H2,1H3,(H,17,19). The van der Waals surface area contributed by atoms with Crippen molar-refractivity contribution in [1.29, 1.82) is 0 Å². The van der Waals surface area contributed by atoms with Crippen molar-refractivity contribution >= 4 is 15.9 Å². The lowest BCUT2D eigenvalue weighted by Gasteiger charge is -2.25. The number of nitrogens with one attached hydrogen (secondary N) is 1. The Morgan fingerprint density at radius 1 is 1.17 bits per heavy atom. The molecular weight excluding hydrogens is 316 g/mol. The molecule has 1 fully saturated rings. The zero-order chi connectivity index (χ0) is 16.7. The van der Waals surface area contributed by atoms with Gasteiger partial charge in [-0.1, -0.05) is 18.6 Å². The molecule has 1 aromatic carbocycles. The van der Waals surface area contributed by atoms with Crippen molar-refractivity contribution in [2.24, 2.45) is 0 Å². The van der Waals surface area contributed by atoms with Crippen LogP contribution >= 0.6 is 0 Å². The second-order valence-electron chi connectivity index (χ2n) is 5.65. The van der Waals surface area contributed by atoms with Gasteiger partial charge in [-0.05, 0) is 30.5 Å². The van der Waals surface area contributed by atoms with E-state index < -0.39 is 10.0 Å². The van der Waals surface area contributed by atoms with Crippen molar-refractivity contribution in [3.63, 3.8) is 0 Å². The monoisotopic (exact) mass is 340 g/mol. The molecule has 0 aliphatic carbocycles. The maximum Gasteiger partial charge on any atom is 0.224 e. The van der Waals surface area contributed by atoms with Crippen LogP contribution in [-0.2, 0) is 21.2 Å². The molecule has 7 heteroatoms. The number of carbonyl (C=O) groups is 1. The summed E-state index contributed by atoms with van der Waals surface area (Å²) in [5.41, 5.74) is 0.863. The molecule has 2 rings (SSSR count). The fourth-order valence-corrected chi connectivity index (χ4v) is 4.02. The topological polar surface area (TPSA) is 75.7 Å². The third-order valence-corrected chi connectivity index (χ3v) is 5.79. The van der Waals surface area contributed by atoms with Crippen LogP contribution in [0.25, 0.3) is 0 Å². The minimum Gasteiger partial charge on any atom is -0.497 e. The molecule has 1 aromatic rings. The molecule has 1 heterocycles. The summed E-state index contributed by atoms with van der Waals surface area (Å²) < 4.78 is 30.9.